The van der Waals surface area contributed by atoms with Crippen LogP contribution in [0.15, 0.2) is 30.5 Å². The highest BCUT2D eigenvalue weighted by Crippen LogP contribution is 2.33. The highest BCUT2D eigenvalue weighted by atomic mass is 32.1. The molecule has 11 nitrogen and oxygen atoms in total. The van der Waals surface area contributed by atoms with Gasteiger partial charge in [0.1, 0.15) is 0 Å². The minimum Gasteiger partial charge on any atom is -0.368 e. The first-order valence-corrected chi connectivity index (χ1v) is 14.0. The van der Waals surface area contributed by atoms with E-state index in [9.17, 15) is 9.59 Å². The summed E-state index contributed by atoms with van der Waals surface area (Å²) < 4.78 is 0. The Morgan fingerprint density at radius 3 is 1.90 bits per heavy atom. The molecule has 2 fully saturated rings. The number of nitrogens with one attached hydrogen (secondary N) is 2. The number of aromatic nitrogens is 3. The molecule has 2 saturated heterocycles. The summed E-state index contributed by atoms with van der Waals surface area (Å²) in [5.41, 5.74) is 4.80. The molecule has 2 aromatic heterocycles. The second-order valence-electron chi connectivity index (χ2n) is 9.80. The number of piperazine rings is 2. The van der Waals surface area contributed by atoms with Gasteiger partial charge >= 0.3 is 0 Å². The predicted octanol–water partition coefficient (Wildman–Crippen LogP) is 3.03. The van der Waals surface area contributed by atoms with Gasteiger partial charge in [-0.1, -0.05) is 11.3 Å². The van der Waals surface area contributed by atoms with Crippen LogP contribution in [-0.4, -0.2) is 96.0 Å². The molecule has 0 spiro atoms. The van der Waals surface area contributed by atoms with E-state index in [-0.39, 0.29) is 11.8 Å². The smallest absolute Gasteiger partial charge is 0.227 e. The van der Waals surface area contributed by atoms with Gasteiger partial charge in [0.15, 0.2) is 5.13 Å². The molecular weight excluding hydrogens is 514 g/mol. The average Bonchev–Trinajstić information content (AvgIpc) is 3.34. The van der Waals surface area contributed by atoms with Gasteiger partial charge in [0.05, 0.1) is 16.3 Å². The molecule has 0 bridgehead atoms. The number of rotatable bonds is 6. The fraction of sp³-hybridized carbons (Fsp3) is 0.444. The summed E-state index contributed by atoms with van der Waals surface area (Å²) in [6.45, 7) is 11.1. The molecule has 2 aliphatic heterocycles. The van der Waals surface area contributed by atoms with Crippen molar-refractivity contribution < 1.29 is 9.59 Å². The second kappa shape index (κ2) is 11.4. The van der Waals surface area contributed by atoms with Crippen LogP contribution in [0, 0.1) is 6.92 Å². The fourth-order valence-corrected chi connectivity index (χ4v) is 5.90. The minimum atomic E-state index is 0.115. The Bertz CT molecular complexity index is 1290. The number of amides is 2. The van der Waals surface area contributed by atoms with Gasteiger partial charge < -0.3 is 30.2 Å². The normalized spacial score (nSPS) is 15.9. The standard InChI is InChI=1S/C27H35N9O2S/c1-18-25(39-27(28-4)30-18)24-5-6-29-26(32-24)31-21-15-22(35-11-7-33(8-12-35)19(2)37)17-23(16-21)36-13-9-34(10-14-36)20(3)38/h5-6,15-17H,7-14H2,1-4H3,(H,28,30)(H,29,31,32). The van der Waals surface area contributed by atoms with E-state index >= 15 is 0 Å². The van der Waals surface area contributed by atoms with Crippen LogP contribution in [0.1, 0.15) is 19.5 Å². The number of benzene rings is 1. The van der Waals surface area contributed by atoms with Gasteiger partial charge in [-0.05, 0) is 31.2 Å². The highest BCUT2D eigenvalue weighted by Gasteiger charge is 2.23. The van der Waals surface area contributed by atoms with Crippen LogP contribution in [0.5, 0.6) is 0 Å². The molecule has 0 unspecified atom stereocenters. The number of hydrogen-bond donors (Lipinski definition) is 2. The molecule has 2 N–H and O–H groups in total. The number of aryl methyl sites for hydroxylation is 1. The van der Waals surface area contributed by atoms with E-state index in [0.717, 1.165) is 64.6 Å². The largest absolute Gasteiger partial charge is 0.368 e. The lowest BCUT2D eigenvalue weighted by atomic mass is 10.1. The quantitative estimate of drug-likeness (QED) is 0.479. The molecule has 206 valence electrons. The van der Waals surface area contributed by atoms with E-state index < -0.39 is 0 Å². The van der Waals surface area contributed by atoms with E-state index in [2.05, 4.69) is 48.6 Å². The van der Waals surface area contributed by atoms with E-state index in [1.807, 2.05) is 29.8 Å². The van der Waals surface area contributed by atoms with Crippen LogP contribution in [0.4, 0.5) is 28.1 Å². The molecule has 39 heavy (non-hydrogen) atoms. The van der Waals surface area contributed by atoms with Crippen molar-refractivity contribution in [3.8, 4) is 10.6 Å². The van der Waals surface area contributed by atoms with Gasteiger partial charge in [-0.3, -0.25) is 9.59 Å². The monoisotopic (exact) mass is 549 g/mol. The van der Waals surface area contributed by atoms with Crippen LogP contribution in [0.3, 0.4) is 0 Å². The van der Waals surface area contributed by atoms with Crippen LogP contribution in [-0.2, 0) is 9.59 Å². The molecule has 2 amide bonds. The molecule has 0 radical (unpaired) electrons. The minimum absolute atomic E-state index is 0.115. The van der Waals surface area contributed by atoms with Crippen molar-refractivity contribution in [3.05, 3.63) is 36.2 Å². The van der Waals surface area contributed by atoms with Crippen molar-refractivity contribution in [2.45, 2.75) is 20.8 Å². The van der Waals surface area contributed by atoms with Gasteiger partial charge in [-0.15, -0.1) is 0 Å². The first kappa shape index (κ1) is 26.7. The van der Waals surface area contributed by atoms with Gasteiger partial charge in [0.25, 0.3) is 0 Å². The Kier molecular flexibility index (Phi) is 7.82. The van der Waals surface area contributed by atoms with E-state index in [0.29, 0.717) is 32.1 Å². The lowest BCUT2D eigenvalue weighted by Crippen LogP contribution is -2.49. The summed E-state index contributed by atoms with van der Waals surface area (Å²) in [4.78, 5) is 46.9. The summed E-state index contributed by atoms with van der Waals surface area (Å²) in [5.74, 6) is 0.741. The maximum absolute atomic E-state index is 11.8. The predicted molar refractivity (Wildman–Crippen MR) is 156 cm³/mol. The summed E-state index contributed by atoms with van der Waals surface area (Å²) in [5, 5.41) is 7.38. The zero-order valence-electron chi connectivity index (χ0n) is 22.9. The molecule has 0 atom stereocenters. The molecular formula is C27H35N9O2S. The molecule has 1 aromatic carbocycles. The van der Waals surface area contributed by atoms with Crippen molar-refractivity contribution in [1.82, 2.24) is 24.8 Å². The van der Waals surface area contributed by atoms with Crippen LogP contribution >= 0.6 is 11.3 Å². The number of carbonyl (C=O) groups excluding carboxylic acids is 2. The molecule has 3 aromatic rings. The van der Waals surface area contributed by atoms with Gasteiger partial charge in [0.2, 0.25) is 17.8 Å². The second-order valence-corrected chi connectivity index (χ2v) is 10.8. The zero-order chi connectivity index (χ0) is 27.5. The number of carbonyl (C=O) groups is 2. The number of anilines is 5. The summed E-state index contributed by atoms with van der Waals surface area (Å²) in [6.07, 6.45) is 1.76. The van der Waals surface area contributed by atoms with Gasteiger partial charge in [-0.25, -0.2) is 15.0 Å². The van der Waals surface area contributed by atoms with Crippen molar-refractivity contribution >= 4 is 51.3 Å². The van der Waals surface area contributed by atoms with Crippen molar-refractivity contribution in [2.75, 3.05) is 79.8 Å². The summed E-state index contributed by atoms with van der Waals surface area (Å²) in [6, 6.07) is 8.34. The first-order chi connectivity index (χ1) is 18.8. The number of thiazole rings is 1. The highest BCUT2D eigenvalue weighted by molar-refractivity contribution is 7.19. The molecule has 0 aliphatic carbocycles. The third kappa shape index (κ3) is 6.06. The Hall–Kier alpha value is -3.93. The molecule has 0 saturated carbocycles. The molecule has 2 aliphatic rings. The third-order valence-electron chi connectivity index (χ3n) is 7.24. The summed E-state index contributed by atoms with van der Waals surface area (Å²) >= 11 is 1.56. The van der Waals surface area contributed by atoms with Crippen LogP contribution in [0.25, 0.3) is 10.6 Å². The Labute approximate surface area is 232 Å². The fourth-order valence-electron chi connectivity index (χ4n) is 5.01. The van der Waals surface area contributed by atoms with Crippen molar-refractivity contribution in [2.24, 2.45) is 0 Å². The lowest BCUT2D eigenvalue weighted by Gasteiger charge is -2.38. The summed E-state index contributed by atoms with van der Waals surface area (Å²) in [7, 11) is 1.86. The molecule has 12 heteroatoms. The molecule has 5 rings (SSSR count). The Morgan fingerprint density at radius 2 is 1.41 bits per heavy atom. The lowest BCUT2D eigenvalue weighted by molar-refractivity contribution is -0.129. The number of nitrogens with zero attached hydrogens (tertiary/aromatic N) is 7. The van der Waals surface area contributed by atoms with Crippen LogP contribution in [0.2, 0.25) is 0 Å². The van der Waals surface area contributed by atoms with Gasteiger partial charge in [0, 0.05) is 96.5 Å². The zero-order valence-corrected chi connectivity index (χ0v) is 23.7. The average molecular weight is 550 g/mol. The van der Waals surface area contributed by atoms with E-state index in [1.165, 1.54) is 0 Å². The Morgan fingerprint density at radius 1 is 0.846 bits per heavy atom. The van der Waals surface area contributed by atoms with E-state index in [1.54, 1.807) is 31.4 Å². The number of hydrogen-bond acceptors (Lipinski definition) is 10. The third-order valence-corrected chi connectivity index (χ3v) is 8.44. The maximum Gasteiger partial charge on any atom is 0.227 e. The Balaban J connectivity index is 1.42. The van der Waals surface area contributed by atoms with Crippen LogP contribution < -0.4 is 20.4 Å². The SMILES string of the molecule is CNc1nc(C)c(-c2ccnc(Nc3cc(N4CCN(C(C)=O)CC4)cc(N4CCN(C(C)=O)CC4)c3)n2)s1. The van der Waals surface area contributed by atoms with E-state index in [4.69, 9.17) is 4.98 Å². The first-order valence-electron chi connectivity index (χ1n) is 13.2. The topological polar surface area (TPSA) is 110 Å². The van der Waals surface area contributed by atoms with Gasteiger partial charge in [-0.2, -0.15) is 0 Å². The van der Waals surface area contributed by atoms with Crippen molar-refractivity contribution in [1.29, 1.82) is 0 Å². The molecule has 4 heterocycles. The van der Waals surface area contributed by atoms with Crippen molar-refractivity contribution in [3.63, 3.8) is 0 Å². The maximum atomic E-state index is 11.8.